The summed E-state index contributed by atoms with van der Waals surface area (Å²) in [7, 11) is 0. The highest BCUT2D eigenvalue weighted by atomic mass is 32.2. The van der Waals surface area contributed by atoms with Gasteiger partial charge in [0, 0.05) is 17.3 Å². The van der Waals surface area contributed by atoms with Gasteiger partial charge in [0.1, 0.15) is 5.69 Å². The van der Waals surface area contributed by atoms with E-state index in [0.717, 1.165) is 28.1 Å². The number of thioether (sulfide) groups is 1. The average Bonchev–Trinajstić information content (AvgIpc) is 3.49. The third kappa shape index (κ3) is 5.47. The molecule has 1 N–H and O–H groups in total. The van der Waals surface area contributed by atoms with Crippen molar-refractivity contribution in [3.8, 4) is 16.9 Å². The number of aromatic nitrogens is 2. The summed E-state index contributed by atoms with van der Waals surface area (Å²) in [6.07, 6.45) is 4.28. The van der Waals surface area contributed by atoms with Crippen LogP contribution in [0.4, 0.5) is 0 Å². The second-order valence-electron chi connectivity index (χ2n) is 8.93. The molecule has 0 radical (unpaired) electrons. The largest absolute Gasteiger partial charge is 0.303 e. The molecule has 0 bridgehead atoms. The van der Waals surface area contributed by atoms with Gasteiger partial charge in [0.2, 0.25) is 5.91 Å². The Morgan fingerprint density at radius 2 is 1.69 bits per heavy atom. The molecule has 6 nitrogen and oxygen atoms in total. The molecule has 1 saturated heterocycles. The van der Waals surface area contributed by atoms with E-state index in [1.807, 2.05) is 71.5 Å². The lowest BCUT2D eigenvalue weighted by Crippen LogP contribution is -2.25. The van der Waals surface area contributed by atoms with Gasteiger partial charge < -0.3 is 5.32 Å². The Balaban J connectivity index is 1.33. The van der Waals surface area contributed by atoms with Gasteiger partial charge in [0.25, 0.3) is 0 Å². The minimum atomic E-state index is -0.218. The Morgan fingerprint density at radius 1 is 1.00 bits per heavy atom. The van der Waals surface area contributed by atoms with Gasteiger partial charge >= 0.3 is 0 Å². The van der Waals surface area contributed by atoms with Crippen LogP contribution in [0.25, 0.3) is 16.9 Å². The SMILES string of the molecule is CC(C)c1ccc(CC2S/C(=N/N=C/c3cn(-c4ccccc4)nc3-c3ccccc3)NC2=O)cc1. The number of rotatable bonds is 7. The summed E-state index contributed by atoms with van der Waals surface area (Å²) in [5, 5.41) is 16.5. The molecule has 1 aliphatic heterocycles. The van der Waals surface area contributed by atoms with Crippen molar-refractivity contribution >= 4 is 29.1 Å². The average molecular weight is 494 g/mol. The molecule has 0 saturated carbocycles. The molecule has 180 valence electrons. The van der Waals surface area contributed by atoms with Crippen LogP contribution in [0, 0.1) is 0 Å². The maximum absolute atomic E-state index is 12.5. The Morgan fingerprint density at radius 3 is 2.39 bits per heavy atom. The number of benzene rings is 3. The maximum Gasteiger partial charge on any atom is 0.239 e. The van der Waals surface area contributed by atoms with E-state index in [1.165, 1.54) is 17.3 Å². The number of nitrogens with one attached hydrogen (secondary N) is 1. The van der Waals surface area contributed by atoms with E-state index in [4.69, 9.17) is 5.10 Å². The van der Waals surface area contributed by atoms with Crippen molar-refractivity contribution in [2.75, 3.05) is 0 Å². The number of amides is 1. The molecule has 3 aromatic carbocycles. The van der Waals surface area contributed by atoms with Crippen LogP contribution in [0.5, 0.6) is 0 Å². The Kier molecular flexibility index (Phi) is 7.09. The lowest BCUT2D eigenvalue weighted by molar-refractivity contribution is -0.118. The fourth-order valence-corrected chi connectivity index (χ4v) is 4.96. The fraction of sp³-hybridized carbons (Fsp3) is 0.172. The van der Waals surface area contributed by atoms with Gasteiger partial charge in [-0.15, -0.1) is 5.10 Å². The first kappa shape index (κ1) is 23.8. The van der Waals surface area contributed by atoms with Crippen molar-refractivity contribution in [1.29, 1.82) is 0 Å². The van der Waals surface area contributed by atoms with E-state index in [-0.39, 0.29) is 11.2 Å². The molecule has 1 aliphatic rings. The Hall–Kier alpha value is -3.97. The zero-order valence-electron chi connectivity index (χ0n) is 20.2. The predicted octanol–water partition coefficient (Wildman–Crippen LogP) is 5.83. The van der Waals surface area contributed by atoms with Crippen LogP contribution >= 0.6 is 11.8 Å². The number of hydrogen-bond donors (Lipinski definition) is 1. The van der Waals surface area contributed by atoms with E-state index in [0.29, 0.717) is 17.5 Å². The van der Waals surface area contributed by atoms with E-state index >= 15 is 0 Å². The van der Waals surface area contributed by atoms with Gasteiger partial charge in [0.15, 0.2) is 5.17 Å². The molecule has 36 heavy (non-hydrogen) atoms. The molecule has 0 aliphatic carbocycles. The van der Waals surface area contributed by atoms with Crippen molar-refractivity contribution in [3.05, 3.63) is 108 Å². The summed E-state index contributed by atoms with van der Waals surface area (Å²) in [5.74, 6) is 0.450. The number of para-hydroxylation sites is 1. The second-order valence-corrected chi connectivity index (χ2v) is 10.1. The highest BCUT2D eigenvalue weighted by molar-refractivity contribution is 8.15. The first-order chi connectivity index (χ1) is 17.6. The van der Waals surface area contributed by atoms with Gasteiger partial charge in [-0.1, -0.05) is 98.4 Å². The summed E-state index contributed by atoms with van der Waals surface area (Å²) < 4.78 is 1.84. The lowest BCUT2D eigenvalue weighted by atomic mass is 10.0. The molecule has 1 atom stereocenters. The van der Waals surface area contributed by atoms with Crippen LogP contribution < -0.4 is 5.32 Å². The van der Waals surface area contributed by atoms with Crippen LogP contribution in [-0.4, -0.2) is 32.3 Å². The van der Waals surface area contributed by atoms with Gasteiger partial charge in [-0.3, -0.25) is 4.79 Å². The van der Waals surface area contributed by atoms with Gasteiger partial charge in [0.05, 0.1) is 17.2 Å². The molecule has 1 unspecified atom stereocenters. The number of carbonyl (C=O) groups is 1. The predicted molar refractivity (Wildman–Crippen MR) is 148 cm³/mol. The normalized spacial score (nSPS) is 16.8. The van der Waals surface area contributed by atoms with Gasteiger partial charge in [-0.05, 0) is 35.6 Å². The van der Waals surface area contributed by atoms with Crippen molar-refractivity contribution in [1.82, 2.24) is 15.1 Å². The van der Waals surface area contributed by atoms with E-state index < -0.39 is 0 Å². The quantitative estimate of drug-likeness (QED) is 0.260. The molecule has 5 rings (SSSR count). The van der Waals surface area contributed by atoms with Crippen LogP contribution in [0.1, 0.15) is 36.5 Å². The van der Waals surface area contributed by atoms with E-state index in [1.54, 1.807) is 6.21 Å². The molecular formula is C29H27N5OS. The van der Waals surface area contributed by atoms with Crippen molar-refractivity contribution in [2.45, 2.75) is 31.4 Å². The summed E-state index contributed by atoms with van der Waals surface area (Å²) in [4.78, 5) is 12.5. The minimum absolute atomic E-state index is 0.0382. The molecule has 4 aromatic rings. The van der Waals surface area contributed by atoms with Gasteiger partial charge in [-0.2, -0.15) is 10.2 Å². The summed E-state index contributed by atoms with van der Waals surface area (Å²) >= 11 is 1.42. The minimum Gasteiger partial charge on any atom is -0.303 e. The topological polar surface area (TPSA) is 71.6 Å². The molecule has 1 amide bonds. The second kappa shape index (κ2) is 10.7. The molecule has 1 fully saturated rings. The van der Waals surface area contributed by atoms with Crippen LogP contribution in [0.3, 0.4) is 0 Å². The molecular weight excluding hydrogens is 466 g/mol. The number of amidine groups is 1. The first-order valence-corrected chi connectivity index (χ1v) is 12.8. The Bertz CT molecular complexity index is 1390. The van der Waals surface area contributed by atoms with Gasteiger partial charge in [-0.25, -0.2) is 4.68 Å². The zero-order valence-corrected chi connectivity index (χ0v) is 21.0. The molecule has 7 heteroatoms. The van der Waals surface area contributed by atoms with Crippen LogP contribution in [0.15, 0.2) is 101 Å². The highest BCUT2D eigenvalue weighted by Gasteiger charge is 2.30. The smallest absolute Gasteiger partial charge is 0.239 e. The van der Waals surface area contributed by atoms with Crippen LogP contribution in [-0.2, 0) is 11.2 Å². The summed E-state index contributed by atoms with van der Waals surface area (Å²) in [6, 6.07) is 28.4. The first-order valence-electron chi connectivity index (χ1n) is 11.9. The fourth-order valence-electron chi connectivity index (χ4n) is 4.00. The lowest BCUT2D eigenvalue weighted by Gasteiger charge is -2.08. The third-order valence-electron chi connectivity index (χ3n) is 6.00. The monoisotopic (exact) mass is 493 g/mol. The zero-order chi connectivity index (χ0) is 24.9. The van der Waals surface area contributed by atoms with E-state index in [2.05, 4.69) is 53.6 Å². The van der Waals surface area contributed by atoms with E-state index in [9.17, 15) is 4.79 Å². The highest BCUT2D eigenvalue weighted by Crippen LogP contribution is 2.25. The third-order valence-corrected chi connectivity index (χ3v) is 7.07. The number of nitrogens with zero attached hydrogens (tertiary/aromatic N) is 4. The number of hydrogen-bond acceptors (Lipinski definition) is 5. The summed E-state index contributed by atoms with van der Waals surface area (Å²) in [6.45, 7) is 4.35. The maximum atomic E-state index is 12.5. The molecule has 1 aromatic heterocycles. The molecule has 0 spiro atoms. The van der Waals surface area contributed by atoms with Crippen molar-refractivity contribution < 1.29 is 4.79 Å². The van der Waals surface area contributed by atoms with Crippen LogP contribution in [0.2, 0.25) is 0 Å². The standard InChI is InChI=1S/C29H27N5OS/c1-20(2)22-15-13-21(14-16-22)17-26-28(35)31-29(36-26)32-30-18-24-19-34(25-11-7-4-8-12-25)33-27(24)23-9-5-3-6-10-23/h3-16,18-20,26H,17H2,1-2H3,(H,31,32,35)/b30-18+. The number of carbonyl (C=O) groups excluding carboxylic acids is 1. The molecule has 2 heterocycles. The Labute approximate surface area is 215 Å². The van der Waals surface area contributed by atoms with Crippen molar-refractivity contribution in [3.63, 3.8) is 0 Å². The summed E-state index contributed by atoms with van der Waals surface area (Å²) in [5.41, 5.74) is 6.04. The van der Waals surface area contributed by atoms with Crippen molar-refractivity contribution in [2.24, 2.45) is 10.2 Å².